The molecule has 1 aromatic carbocycles. The number of aromatic amines is 1. The lowest BCUT2D eigenvalue weighted by Crippen LogP contribution is -2.22. The number of benzene rings is 1. The normalized spacial score (nSPS) is 10.5. The third-order valence-electron chi connectivity index (χ3n) is 3.63. The summed E-state index contributed by atoms with van der Waals surface area (Å²) in [5.41, 5.74) is 2.37. The number of fused-ring (bicyclic) bond motifs is 1. The fourth-order valence-electron chi connectivity index (χ4n) is 2.41. The molecule has 23 heavy (non-hydrogen) atoms. The van der Waals surface area contributed by atoms with Crippen molar-refractivity contribution in [3.63, 3.8) is 0 Å². The molecule has 0 bridgehead atoms. The number of nitrogens with zero attached hydrogens (tertiary/aromatic N) is 1. The molecule has 3 rings (SSSR count). The smallest absolute Gasteiger partial charge is 0.253 e. The number of ether oxygens (including phenoxy) is 2. The Kier molecular flexibility index (Phi) is 4.14. The summed E-state index contributed by atoms with van der Waals surface area (Å²) < 4.78 is 10.6. The molecule has 0 fully saturated rings. The van der Waals surface area contributed by atoms with E-state index in [4.69, 9.17) is 9.47 Å². The minimum absolute atomic E-state index is 0.153. The maximum Gasteiger partial charge on any atom is 0.253 e. The first-order valence-corrected chi connectivity index (χ1v) is 7.13. The molecule has 6 heteroatoms. The van der Waals surface area contributed by atoms with Crippen molar-refractivity contribution in [1.82, 2.24) is 15.3 Å². The van der Waals surface area contributed by atoms with Crippen LogP contribution in [0.25, 0.3) is 10.9 Å². The summed E-state index contributed by atoms with van der Waals surface area (Å²) in [5.74, 6) is 1.05. The maximum atomic E-state index is 12.4. The fourth-order valence-corrected chi connectivity index (χ4v) is 2.41. The van der Waals surface area contributed by atoms with E-state index in [0.29, 0.717) is 23.6 Å². The first-order valence-electron chi connectivity index (χ1n) is 7.13. The van der Waals surface area contributed by atoms with E-state index >= 15 is 0 Å². The second-order valence-electron chi connectivity index (χ2n) is 4.99. The van der Waals surface area contributed by atoms with Gasteiger partial charge in [-0.05, 0) is 23.8 Å². The lowest BCUT2D eigenvalue weighted by atomic mass is 10.1. The van der Waals surface area contributed by atoms with Crippen LogP contribution in [0.3, 0.4) is 0 Å². The van der Waals surface area contributed by atoms with Crippen LogP contribution in [0.4, 0.5) is 0 Å². The minimum Gasteiger partial charge on any atom is -0.493 e. The highest BCUT2D eigenvalue weighted by molar-refractivity contribution is 6.07. The number of aromatic nitrogens is 2. The lowest BCUT2D eigenvalue weighted by molar-refractivity contribution is 0.0952. The van der Waals surface area contributed by atoms with Crippen LogP contribution < -0.4 is 14.8 Å². The van der Waals surface area contributed by atoms with Gasteiger partial charge in [0, 0.05) is 36.6 Å². The summed E-state index contributed by atoms with van der Waals surface area (Å²) in [5, 5.41) is 3.69. The van der Waals surface area contributed by atoms with Crippen molar-refractivity contribution in [1.29, 1.82) is 0 Å². The first-order chi connectivity index (χ1) is 11.2. The molecule has 0 spiro atoms. The highest BCUT2D eigenvalue weighted by atomic mass is 16.5. The lowest BCUT2D eigenvalue weighted by Gasteiger charge is -2.08. The van der Waals surface area contributed by atoms with Crippen LogP contribution in [0.15, 0.2) is 42.9 Å². The summed E-state index contributed by atoms with van der Waals surface area (Å²) in [6, 6.07) is 7.34. The molecule has 0 saturated heterocycles. The fraction of sp³-hybridized carbons (Fsp3) is 0.176. The van der Waals surface area contributed by atoms with Crippen molar-refractivity contribution in [3.05, 3.63) is 54.0 Å². The summed E-state index contributed by atoms with van der Waals surface area (Å²) in [4.78, 5) is 19.5. The van der Waals surface area contributed by atoms with E-state index < -0.39 is 0 Å². The van der Waals surface area contributed by atoms with Crippen LogP contribution in [0.5, 0.6) is 11.5 Å². The molecular formula is C17H17N3O3. The molecule has 0 saturated carbocycles. The van der Waals surface area contributed by atoms with Gasteiger partial charge in [-0.25, -0.2) is 0 Å². The standard InChI is InChI=1S/C17H17N3O3/c1-22-15-7-12-13(10-19-14(12)8-16(15)23-2)17(21)20-9-11-3-5-18-6-4-11/h3-8,10,19H,9H2,1-2H3,(H,20,21). The number of carbonyl (C=O) groups is 1. The number of pyridine rings is 1. The number of rotatable bonds is 5. The van der Waals surface area contributed by atoms with Crippen molar-refractivity contribution in [3.8, 4) is 11.5 Å². The number of nitrogens with one attached hydrogen (secondary N) is 2. The third-order valence-corrected chi connectivity index (χ3v) is 3.63. The van der Waals surface area contributed by atoms with Crippen LogP contribution in [-0.4, -0.2) is 30.1 Å². The molecule has 2 aromatic heterocycles. The molecule has 2 heterocycles. The Hall–Kier alpha value is -3.02. The largest absolute Gasteiger partial charge is 0.493 e. The Morgan fingerprint density at radius 2 is 1.87 bits per heavy atom. The van der Waals surface area contributed by atoms with Crippen LogP contribution >= 0.6 is 0 Å². The molecule has 2 N–H and O–H groups in total. The second kappa shape index (κ2) is 6.39. The summed E-state index contributed by atoms with van der Waals surface area (Å²) >= 11 is 0. The minimum atomic E-state index is -0.153. The number of amides is 1. The monoisotopic (exact) mass is 311 g/mol. The van der Waals surface area contributed by atoms with E-state index in [1.54, 1.807) is 38.9 Å². The third kappa shape index (κ3) is 2.96. The summed E-state index contributed by atoms with van der Waals surface area (Å²) in [6.45, 7) is 0.446. The molecule has 0 aliphatic rings. The van der Waals surface area contributed by atoms with E-state index in [1.165, 1.54) is 0 Å². The molecule has 0 aliphatic heterocycles. The Labute approximate surface area is 133 Å². The molecule has 0 unspecified atom stereocenters. The summed E-state index contributed by atoms with van der Waals surface area (Å²) in [6.07, 6.45) is 5.08. The molecule has 118 valence electrons. The SMILES string of the molecule is COc1cc2[nH]cc(C(=O)NCc3ccncc3)c2cc1OC. The molecule has 3 aromatic rings. The van der Waals surface area contributed by atoms with Gasteiger partial charge in [0.25, 0.3) is 5.91 Å². The molecule has 0 atom stereocenters. The molecule has 6 nitrogen and oxygen atoms in total. The summed E-state index contributed by atoms with van der Waals surface area (Å²) in [7, 11) is 3.15. The van der Waals surface area contributed by atoms with Gasteiger partial charge in [-0.3, -0.25) is 9.78 Å². The zero-order valence-corrected chi connectivity index (χ0v) is 12.9. The van der Waals surface area contributed by atoms with Crippen molar-refractivity contribution < 1.29 is 14.3 Å². The predicted molar refractivity (Wildman–Crippen MR) is 86.8 cm³/mol. The Morgan fingerprint density at radius 1 is 1.17 bits per heavy atom. The Balaban J connectivity index is 1.86. The highest BCUT2D eigenvalue weighted by Gasteiger charge is 2.15. The van der Waals surface area contributed by atoms with E-state index in [-0.39, 0.29) is 5.91 Å². The Morgan fingerprint density at radius 3 is 2.57 bits per heavy atom. The van der Waals surface area contributed by atoms with Gasteiger partial charge in [0.05, 0.1) is 25.3 Å². The first kappa shape index (κ1) is 14.9. The van der Waals surface area contributed by atoms with Crippen LogP contribution in [0.1, 0.15) is 15.9 Å². The Bertz CT molecular complexity index is 828. The topological polar surface area (TPSA) is 76.2 Å². The number of methoxy groups -OCH3 is 2. The number of H-pyrrole nitrogens is 1. The van der Waals surface area contributed by atoms with Crippen molar-refractivity contribution in [2.75, 3.05) is 14.2 Å². The molecule has 0 aliphatic carbocycles. The molecular weight excluding hydrogens is 294 g/mol. The number of hydrogen-bond donors (Lipinski definition) is 2. The van der Waals surface area contributed by atoms with Gasteiger partial charge < -0.3 is 19.8 Å². The number of hydrogen-bond acceptors (Lipinski definition) is 4. The van der Waals surface area contributed by atoms with E-state index in [2.05, 4.69) is 15.3 Å². The second-order valence-corrected chi connectivity index (χ2v) is 4.99. The van der Waals surface area contributed by atoms with Gasteiger partial charge in [-0.15, -0.1) is 0 Å². The van der Waals surface area contributed by atoms with Gasteiger partial charge in [0.1, 0.15) is 0 Å². The quantitative estimate of drug-likeness (QED) is 0.759. The number of carbonyl (C=O) groups excluding carboxylic acids is 1. The molecule has 0 radical (unpaired) electrons. The van der Waals surface area contributed by atoms with Crippen molar-refractivity contribution in [2.24, 2.45) is 0 Å². The van der Waals surface area contributed by atoms with E-state index in [1.807, 2.05) is 18.2 Å². The van der Waals surface area contributed by atoms with Gasteiger partial charge in [0.2, 0.25) is 0 Å². The predicted octanol–water partition coefficient (Wildman–Crippen LogP) is 2.51. The molecule has 1 amide bonds. The van der Waals surface area contributed by atoms with Gasteiger partial charge >= 0.3 is 0 Å². The van der Waals surface area contributed by atoms with Gasteiger partial charge in [0.15, 0.2) is 11.5 Å². The van der Waals surface area contributed by atoms with Crippen molar-refractivity contribution >= 4 is 16.8 Å². The zero-order chi connectivity index (χ0) is 16.2. The van der Waals surface area contributed by atoms with Crippen LogP contribution in [0.2, 0.25) is 0 Å². The average molecular weight is 311 g/mol. The van der Waals surface area contributed by atoms with Gasteiger partial charge in [-0.2, -0.15) is 0 Å². The zero-order valence-electron chi connectivity index (χ0n) is 12.9. The van der Waals surface area contributed by atoms with Crippen LogP contribution in [0, 0.1) is 0 Å². The maximum absolute atomic E-state index is 12.4. The van der Waals surface area contributed by atoms with E-state index in [0.717, 1.165) is 16.5 Å². The van der Waals surface area contributed by atoms with Crippen molar-refractivity contribution in [2.45, 2.75) is 6.54 Å². The van der Waals surface area contributed by atoms with E-state index in [9.17, 15) is 4.79 Å². The highest BCUT2D eigenvalue weighted by Crippen LogP contribution is 2.33. The van der Waals surface area contributed by atoms with Crippen LogP contribution in [-0.2, 0) is 6.54 Å². The van der Waals surface area contributed by atoms with Gasteiger partial charge in [-0.1, -0.05) is 0 Å². The average Bonchev–Trinajstić information content (AvgIpc) is 3.02.